The van der Waals surface area contributed by atoms with E-state index in [0.717, 1.165) is 25.3 Å². The SMILES string of the molecule is CC(C)N1CCCC(CNC(=O)C2CC2c2ccco2)C1. The summed E-state index contributed by atoms with van der Waals surface area (Å²) in [5.74, 6) is 2.20. The zero-order valence-corrected chi connectivity index (χ0v) is 13.0. The number of furan rings is 1. The highest BCUT2D eigenvalue weighted by Crippen LogP contribution is 2.47. The molecule has 4 heteroatoms. The van der Waals surface area contributed by atoms with Crippen molar-refractivity contribution >= 4 is 5.91 Å². The molecule has 0 radical (unpaired) electrons. The van der Waals surface area contributed by atoms with Gasteiger partial charge in [0.1, 0.15) is 5.76 Å². The van der Waals surface area contributed by atoms with Crippen molar-refractivity contribution in [3.63, 3.8) is 0 Å². The Morgan fingerprint density at radius 3 is 3.10 bits per heavy atom. The van der Waals surface area contributed by atoms with Crippen LogP contribution in [-0.2, 0) is 4.79 Å². The van der Waals surface area contributed by atoms with Crippen LogP contribution in [0.5, 0.6) is 0 Å². The van der Waals surface area contributed by atoms with Gasteiger partial charge in [-0.3, -0.25) is 4.79 Å². The quantitative estimate of drug-likeness (QED) is 0.906. The number of likely N-dealkylation sites (tertiary alicyclic amines) is 1. The van der Waals surface area contributed by atoms with Gasteiger partial charge in [-0.2, -0.15) is 0 Å². The maximum atomic E-state index is 12.2. The van der Waals surface area contributed by atoms with E-state index in [2.05, 4.69) is 24.1 Å². The van der Waals surface area contributed by atoms with E-state index in [4.69, 9.17) is 4.42 Å². The number of amides is 1. The number of hydrogen-bond donors (Lipinski definition) is 1. The summed E-state index contributed by atoms with van der Waals surface area (Å²) in [6, 6.07) is 4.47. The lowest BCUT2D eigenvalue weighted by Crippen LogP contribution is -2.44. The van der Waals surface area contributed by atoms with Crippen molar-refractivity contribution in [1.82, 2.24) is 10.2 Å². The van der Waals surface area contributed by atoms with E-state index in [0.29, 0.717) is 17.9 Å². The molecular formula is C17H26N2O2. The first-order chi connectivity index (χ1) is 10.1. The summed E-state index contributed by atoms with van der Waals surface area (Å²) < 4.78 is 5.39. The van der Waals surface area contributed by atoms with Crippen LogP contribution in [0.2, 0.25) is 0 Å². The monoisotopic (exact) mass is 290 g/mol. The molecule has 1 aliphatic carbocycles. The molecule has 1 saturated heterocycles. The van der Waals surface area contributed by atoms with Crippen LogP contribution in [0.3, 0.4) is 0 Å². The van der Waals surface area contributed by atoms with Gasteiger partial charge in [0.25, 0.3) is 0 Å². The van der Waals surface area contributed by atoms with Gasteiger partial charge in [0.05, 0.1) is 6.26 Å². The summed E-state index contributed by atoms with van der Waals surface area (Å²) in [5, 5.41) is 3.16. The Morgan fingerprint density at radius 2 is 2.38 bits per heavy atom. The molecule has 2 fully saturated rings. The fourth-order valence-corrected chi connectivity index (χ4v) is 3.41. The van der Waals surface area contributed by atoms with Crippen molar-refractivity contribution in [3.8, 4) is 0 Å². The molecule has 1 aromatic heterocycles. The lowest BCUT2D eigenvalue weighted by atomic mass is 9.97. The van der Waals surface area contributed by atoms with Crippen LogP contribution >= 0.6 is 0 Å². The number of rotatable bonds is 5. The average molecular weight is 290 g/mol. The number of carbonyl (C=O) groups excluding carboxylic acids is 1. The fraction of sp³-hybridized carbons (Fsp3) is 0.706. The molecule has 0 spiro atoms. The zero-order valence-electron chi connectivity index (χ0n) is 13.0. The summed E-state index contributed by atoms with van der Waals surface area (Å²) >= 11 is 0. The van der Waals surface area contributed by atoms with Crippen LogP contribution in [0.15, 0.2) is 22.8 Å². The number of carbonyl (C=O) groups is 1. The molecule has 3 atom stereocenters. The third kappa shape index (κ3) is 3.49. The molecule has 1 amide bonds. The first kappa shape index (κ1) is 14.6. The highest BCUT2D eigenvalue weighted by atomic mass is 16.3. The molecule has 3 rings (SSSR count). The maximum absolute atomic E-state index is 12.2. The van der Waals surface area contributed by atoms with Gasteiger partial charge in [-0.25, -0.2) is 0 Å². The van der Waals surface area contributed by atoms with Crippen LogP contribution in [0.25, 0.3) is 0 Å². The molecule has 4 nitrogen and oxygen atoms in total. The Kier molecular flexibility index (Phi) is 4.34. The van der Waals surface area contributed by atoms with Crippen molar-refractivity contribution in [2.24, 2.45) is 11.8 Å². The Balaban J connectivity index is 1.42. The topological polar surface area (TPSA) is 45.5 Å². The first-order valence-electron chi connectivity index (χ1n) is 8.20. The van der Waals surface area contributed by atoms with Gasteiger partial charge in [0.2, 0.25) is 5.91 Å². The highest BCUT2D eigenvalue weighted by Gasteiger charge is 2.45. The number of piperidine rings is 1. The molecule has 116 valence electrons. The smallest absolute Gasteiger partial charge is 0.223 e. The minimum atomic E-state index is 0.126. The lowest BCUT2D eigenvalue weighted by Gasteiger charge is -2.35. The average Bonchev–Trinajstić information content (AvgIpc) is 3.11. The predicted octanol–water partition coefficient (Wildman–Crippen LogP) is 2.62. The maximum Gasteiger partial charge on any atom is 0.223 e. The largest absolute Gasteiger partial charge is 0.469 e. The van der Waals surface area contributed by atoms with E-state index < -0.39 is 0 Å². The van der Waals surface area contributed by atoms with Crippen molar-refractivity contribution in [1.29, 1.82) is 0 Å². The van der Waals surface area contributed by atoms with Crippen LogP contribution in [-0.4, -0.2) is 36.5 Å². The fourth-order valence-electron chi connectivity index (χ4n) is 3.41. The second-order valence-corrected chi connectivity index (χ2v) is 6.81. The Hall–Kier alpha value is -1.29. The van der Waals surface area contributed by atoms with Crippen LogP contribution in [0, 0.1) is 11.8 Å². The van der Waals surface area contributed by atoms with Gasteiger partial charge in [0.15, 0.2) is 0 Å². The van der Waals surface area contributed by atoms with E-state index in [1.165, 1.54) is 19.4 Å². The summed E-state index contributed by atoms with van der Waals surface area (Å²) in [6.07, 6.45) is 5.10. The third-order valence-electron chi connectivity index (χ3n) is 4.88. The number of hydrogen-bond acceptors (Lipinski definition) is 3. The molecule has 2 heterocycles. The molecule has 1 aliphatic heterocycles. The van der Waals surface area contributed by atoms with Gasteiger partial charge >= 0.3 is 0 Å². The van der Waals surface area contributed by atoms with Crippen LogP contribution in [0.1, 0.15) is 44.8 Å². The molecular weight excluding hydrogens is 264 g/mol. The Morgan fingerprint density at radius 1 is 1.52 bits per heavy atom. The van der Waals surface area contributed by atoms with Crippen LogP contribution < -0.4 is 5.32 Å². The minimum Gasteiger partial charge on any atom is -0.469 e. The van der Waals surface area contributed by atoms with E-state index in [1.807, 2.05) is 12.1 Å². The van der Waals surface area contributed by atoms with E-state index in [1.54, 1.807) is 6.26 Å². The summed E-state index contributed by atoms with van der Waals surface area (Å²) in [6.45, 7) is 7.64. The normalized spacial score (nSPS) is 29.6. The van der Waals surface area contributed by atoms with Gasteiger partial charge in [0, 0.05) is 31.0 Å². The molecule has 2 aliphatic rings. The molecule has 0 bridgehead atoms. The zero-order chi connectivity index (χ0) is 14.8. The van der Waals surface area contributed by atoms with Crippen molar-refractivity contribution in [2.75, 3.05) is 19.6 Å². The predicted molar refractivity (Wildman–Crippen MR) is 82.0 cm³/mol. The van der Waals surface area contributed by atoms with Gasteiger partial charge in [-0.1, -0.05) is 0 Å². The molecule has 1 N–H and O–H groups in total. The van der Waals surface area contributed by atoms with E-state index in [-0.39, 0.29) is 11.8 Å². The minimum absolute atomic E-state index is 0.126. The van der Waals surface area contributed by atoms with E-state index in [9.17, 15) is 4.79 Å². The standard InChI is InChI=1S/C17H26N2O2/c1-12(2)19-7-3-5-13(11-19)10-18-17(20)15-9-14(15)16-6-4-8-21-16/h4,6,8,12-15H,3,5,7,9-11H2,1-2H3,(H,18,20). The molecule has 1 aromatic rings. The first-order valence-corrected chi connectivity index (χ1v) is 8.20. The lowest BCUT2D eigenvalue weighted by molar-refractivity contribution is -0.122. The molecule has 1 saturated carbocycles. The van der Waals surface area contributed by atoms with Gasteiger partial charge in [-0.05, 0) is 57.7 Å². The summed E-state index contributed by atoms with van der Waals surface area (Å²) in [5.41, 5.74) is 0. The molecule has 21 heavy (non-hydrogen) atoms. The summed E-state index contributed by atoms with van der Waals surface area (Å²) in [7, 11) is 0. The van der Waals surface area contributed by atoms with Crippen LogP contribution in [0.4, 0.5) is 0 Å². The van der Waals surface area contributed by atoms with Crippen molar-refractivity contribution in [2.45, 2.75) is 45.1 Å². The number of nitrogens with one attached hydrogen (secondary N) is 1. The summed E-state index contributed by atoms with van der Waals surface area (Å²) in [4.78, 5) is 14.7. The van der Waals surface area contributed by atoms with Gasteiger partial charge < -0.3 is 14.6 Å². The van der Waals surface area contributed by atoms with E-state index >= 15 is 0 Å². The second-order valence-electron chi connectivity index (χ2n) is 6.81. The molecule has 3 unspecified atom stereocenters. The van der Waals surface area contributed by atoms with Crippen molar-refractivity contribution in [3.05, 3.63) is 24.2 Å². The Labute approximate surface area is 126 Å². The van der Waals surface area contributed by atoms with Crippen molar-refractivity contribution < 1.29 is 9.21 Å². The second kappa shape index (κ2) is 6.22. The third-order valence-corrected chi connectivity index (χ3v) is 4.88. The highest BCUT2D eigenvalue weighted by molar-refractivity contribution is 5.82. The number of nitrogens with zero attached hydrogens (tertiary/aromatic N) is 1. The van der Waals surface area contributed by atoms with Gasteiger partial charge in [-0.15, -0.1) is 0 Å². The molecule has 0 aromatic carbocycles. The Bertz CT molecular complexity index is 469.